The monoisotopic (exact) mass is 364 g/mol. The summed E-state index contributed by atoms with van der Waals surface area (Å²) in [5, 5.41) is 8.54. The van der Waals surface area contributed by atoms with Gasteiger partial charge in [-0.1, -0.05) is 63.5 Å². The third-order valence-electron chi connectivity index (χ3n) is 4.20. The fraction of sp³-hybridized carbons (Fsp3) is 0.636. The highest BCUT2D eigenvalue weighted by Crippen LogP contribution is 2.10. The molecule has 0 rings (SSSR count). The number of carboxylic acid groups (broad SMARTS) is 1. The van der Waals surface area contributed by atoms with Gasteiger partial charge in [0.25, 0.3) is 0 Å². The molecule has 0 aliphatic heterocycles. The van der Waals surface area contributed by atoms with Gasteiger partial charge in [0.15, 0.2) is 0 Å². The molecule has 0 saturated heterocycles. The second-order valence-electron chi connectivity index (χ2n) is 6.60. The molecule has 0 fully saturated rings. The van der Waals surface area contributed by atoms with Crippen molar-refractivity contribution in [1.29, 1.82) is 0 Å². The zero-order valence-electron chi connectivity index (χ0n) is 16.2. The molecule has 4 heteroatoms. The van der Waals surface area contributed by atoms with Crippen molar-refractivity contribution in [2.45, 2.75) is 77.0 Å². The Hall–Kier alpha value is -1.68. The van der Waals surface area contributed by atoms with E-state index >= 15 is 0 Å². The predicted octanol–water partition coefficient (Wildman–Crippen LogP) is 5.64. The Bertz CT molecular complexity index is 437. The van der Waals surface area contributed by atoms with Gasteiger partial charge in [0, 0.05) is 25.9 Å². The molecule has 0 aliphatic rings. The molecule has 0 aliphatic carbocycles. The van der Waals surface area contributed by atoms with Crippen LogP contribution >= 0.6 is 0 Å². The van der Waals surface area contributed by atoms with Crippen LogP contribution in [-0.2, 0) is 14.3 Å². The minimum Gasteiger partial charge on any atom is -0.481 e. The van der Waals surface area contributed by atoms with E-state index in [0.717, 1.165) is 70.0 Å². The molecule has 0 spiro atoms. The van der Waals surface area contributed by atoms with Crippen LogP contribution in [0, 0.1) is 0 Å². The molecular weight excluding hydrogens is 328 g/mol. The summed E-state index contributed by atoms with van der Waals surface area (Å²) in [5.41, 5.74) is 1.03. The highest BCUT2D eigenvalue weighted by molar-refractivity contribution is 5.78. The van der Waals surface area contributed by atoms with E-state index in [1.807, 2.05) is 6.08 Å². The molecule has 0 aromatic rings. The van der Waals surface area contributed by atoms with Crippen molar-refractivity contribution in [3.05, 3.63) is 37.0 Å². The van der Waals surface area contributed by atoms with Crippen molar-refractivity contribution in [2.24, 2.45) is 0 Å². The van der Waals surface area contributed by atoms with Crippen molar-refractivity contribution in [1.82, 2.24) is 0 Å². The number of carbonyl (C=O) groups is 2. The number of aliphatic carboxylic acids is 1. The number of carbonyl (C=O) groups excluding carboxylic acids is 1. The summed E-state index contributed by atoms with van der Waals surface area (Å²) >= 11 is 0. The fourth-order valence-electron chi connectivity index (χ4n) is 2.65. The molecule has 4 nitrogen and oxygen atoms in total. The van der Waals surface area contributed by atoms with E-state index in [0.29, 0.717) is 25.2 Å². The van der Waals surface area contributed by atoms with Gasteiger partial charge in [0.2, 0.25) is 0 Å². The van der Waals surface area contributed by atoms with Gasteiger partial charge in [-0.2, -0.15) is 0 Å². The van der Waals surface area contributed by atoms with Crippen LogP contribution in [0.25, 0.3) is 0 Å². The summed E-state index contributed by atoms with van der Waals surface area (Å²) in [7, 11) is 0. The largest absolute Gasteiger partial charge is 0.481 e. The van der Waals surface area contributed by atoms with Crippen LogP contribution in [-0.4, -0.2) is 30.1 Å². The first-order valence-corrected chi connectivity index (χ1v) is 9.85. The predicted molar refractivity (Wildman–Crippen MR) is 107 cm³/mol. The molecule has 0 bridgehead atoms. The highest BCUT2D eigenvalue weighted by Gasteiger charge is 2.02. The average Bonchev–Trinajstić information content (AvgIpc) is 2.61. The Morgan fingerprint density at radius 1 is 0.808 bits per heavy atom. The summed E-state index contributed by atoms with van der Waals surface area (Å²) in [4.78, 5) is 22.2. The fourth-order valence-corrected chi connectivity index (χ4v) is 2.65. The molecule has 0 unspecified atom stereocenters. The maximum absolute atomic E-state index is 11.8. The van der Waals surface area contributed by atoms with E-state index < -0.39 is 5.97 Å². The Kier molecular flexibility index (Phi) is 17.0. The standard InChI is InChI=1S/C22H36O4/c1-3-14-20(4-2)19-26-18-13-9-8-11-16-21(23)15-10-6-5-7-12-17-22(24)25/h3-4,14H,1-2,5-13,15-19H2,(H,24,25)/b20-14+. The van der Waals surface area contributed by atoms with Gasteiger partial charge in [-0.05, 0) is 31.3 Å². The SMILES string of the molecule is C=C/C=C(\C=C)COCCCCCCC(=O)CCCCCCCC(=O)O. The Morgan fingerprint density at radius 2 is 1.35 bits per heavy atom. The molecule has 0 aromatic heterocycles. The van der Waals surface area contributed by atoms with Crippen LogP contribution in [0.5, 0.6) is 0 Å². The number of carboxylic acids is 1. The lowest BCUT2D eigenvalue weighted by Crippen LogP contribution is -2.00. The van der Waals surface area contributed by atoms with E-state index in [4.69, 9.17) is 9.84 Å². The first-order chi connectivity index (χ1) is 12.6. The number of ketones is 1. The van der Waals surface area contributed by atoms with E-state index in [-0.39, 0.29) is 6.42 Å². The van der Waals surface area contributed by atoms with Crippen LogP contribution in [0.1, 0.15) is 77.0 Å². The Balaban J connectivity index is 3.36. The number of allylic oxidation sites excluding steroid dienone is 2. The lowest BCUT2D eigenvalue weighted by Gasteiger charge is -2.05. The summed E-state index contributed by atoms with van der Waals surface area (Å²) < 4.78 is 5.59. The van der Waals surface area contributed by atoms with Gasteiger partial charge in [-0.3, -0.25) is 9.59 Å². The maximum atomic E-state index is 11.8. The number of unbranched alkanes of at least 4 members (excludes halogenated alkanes) is 7. The summed E-state index contributed by atoms with van der Waals surface area (Å²) in [5.74, 6) is -0.366. The van der Waals surface area contributed by atoms with Crippen LogP contribution in [0.4, 0.5) is 0 Å². The number of Topliss-reactive ketones (excluding diaryl/α,β-unsaturated/α-hetero) is 1. The minimum absolute atomic E-state index is 0.255. The number of hydrogen-bond acceptors (Lipinski definition) is 3. The highest BCUT2D eigenvalue weighted by atomic mass is 16.5. The third kappa shape index (κ3) is 17.2. The molecule has 26 heavy (non-hydrogen) atoms. The van der Waals surface area contributed by atoms with Gasteiger partial charge in [-0.15, -0.1) is 0 Å². The molecule has 0 radical (unpaired) electrons. The Labute approximate surface area is 159 Å². The van der Waals surface area contributed by atoms with Gasteiger partial charge in [-0.25, -0.2) is 0 Å². The molecule has 0 aromatic carbocycles. The van der Waals surface area contributed by atoms with Crippen LogP contribution < -0.4 is 0 Å². The van der Waals surface area contributed by atoms with Gasteiger partial charge >= 0.3 is 5.97 Å². The second kappa shape index (κ2) is 18.1. The first kappa shape index (κ1) is 24.3. The minimum atomic E-state index is -0.724. The summed E-state index contributed by atoms with van der Waals surface area (Å²) in [6.45, 7) is 8.69. The van der Waals surface area contributed by atoms with Crippen LogP contribution in [0.3, 0.4) is 0 Å². The van der Waals surface area contributed by atoms with Crippen LogP contribution in [0.15, 0.2) is 37.0 Å². The zero-order chi connectivity index (χ0) is 19.5. The molecular formula is C22H36O4. The second-order valence-corrected chi connectivity index (χ2v) is 6.60. The third-order valence-corrected chi connectivity index (χ3v) is 4.20. The maximum Gasteiger partial charge on any atom is 0.303 e. The first-order valence-electron chi connectivity index (χ1n) is 9.85. The molecule has 1 N–H and O–H groups in total. The van der Waals surface area contributed by atoms with Crippen molar-refractivity contribution in [3.63, 3.8) is 0 Å². The topological polar surface area (TPSA) is 63.6 Å². The normalized spacial score (nSPS) is 11.3. The molecule has 148 valence electrons. The Morgan fingerprint density at radius 3 is 1.88 bits per heavy atom. The number of hydrogen-bond donors (Lipinski definition) is 1. The summed E-state index contributed by atoms with van der Waals surface area (Å²) in [6, 6.07) is 0. The van der Waals surface area contributed by atoms with E-state index in [9.17, 15) is 9.59 Å². The van der Waals surface area contributed by atoms with Crippen molar-refractivity contribution < 1.29 is 19.4 Å². The van der Waals surface area contributed by atoms with Crippen molar-refractivity contribution in [3.8, 4) is 0 Å². The van der Waals surface area contributed by atoms with E-state index in [1.165, 1.54) is 0 Å². The quantitative estimate of drug-likeness (QED) is 0.238. The smallest absolute Gasteiger partial charge is 0.303 e. The molecule has 0 saturated carbocycles. The van der Waals surface area contributed by atoms with Gasteiger partial charge in [0.05, 0.1) is 6.61 Å². The molecule has 0 amide bonds. The number of ether oxygens (including phenoxy) is 1. The van der Waals surface area contributed by atoms with Gasteiger partial charge < -0.3 is 9.84 Å². The zero-order valence-corrected chi connectivity index (χ0v) is 16.2. The lowest BCUT2D eigenvalue weighted by molar-refractivity contribution is -0.137. The molecule has 0 heterocycles. The van der Waals surface area contributed by atoms with E-state index in [1.54, 1.807) is 12.2 Å². The lowest BCUT2D eigenvalue weighted by atomic mass is 10.0. The van der Waals surface area contributed by atoms with Crippen LogP contribution in [0.2, 0.25) is 0 Å². The molecule has 0 atom stereocenters. The van der Waals surface area contributed by atoms with Crippen molar-refractivity contribution in [2.75, 3.05) is 13.2 Å². The number of rotatable bonds is 19. The van der Waals surface area contributed by atoms with E-state index in [2.05, 4.69) is 13.2 Å². The summed E-state index contributed by atoms with van der Waals surface area (Å²) in [6.07, 6.45) is 15.8. The van der Waals surface area contributed by atoms with Crippen molar-refractivity contribution >= 4 is 11.8 Å². The van der Waals surface area contributed by atoms with Gasteiger partial charge in [0.1, 0.15) is 5.78 Å². The average molecular weight is 365 g/mol.